The SMILES string of the molecule is C[C@H](CNC(=O)Nc1cccc(N)c1)OC12CC3CC(CC(C3)C1)C2. The Bertz CT molecular complexity index is 610. The van der Waals surface area contributed by atoms with Crippen LogP contribution in [0.5, 0.6) is 0 Å². The van der Waals surface area contributed by atoms with Crippen LogP contribution in [0.25, 0.3) is 0 Å². The Morgan fingerprint density at radius 1 is 1.24 bits per heavy atom. The Morgan fingerprint density at radius 3 is 2.48 bits per heavy atom. The van der Waals surface area contributed by atoms with E-state index >= 15 is 0 Å². The summed E-state index contributed by atoms with van der Waals surface area (Å²) in [5.41, 5.74) is 7.15. The van der Waals surface area contributed by atoms with Crippen LogP contribution in [-0.2, 0) is 4.74 Å². The second kappa shape index (κ2) is 6.52. The van der Waals surface area contributed by atoms with Gasteiger partial charge in [-0.1, -0.05) is 6.07 Å². The zero-order valence-electron chi connectivity index (χ0n) is 15.0. The molecule has 1 aromatic carbocycles. The lowest BCUT2D eigenvalue weighted by molar-refractivity contribution is -0.182. The van der Waals surface area contributed by atoms with Crippen LogP contribution < -0.4 is 16.4 Å². The number of nitrogens with two attached hydrogens (primary N) is 1. The first kappa shape index (κ1) is 16.7. The molecule has 1 aromatic rings. The lowest BCUT2D eigenvalue weighted by Crippen LogP contribution is -2.54. The van der Waals surface area contributed by atoms with Gasteiger partial charge < -0.3 is 21.1 Å². The number of anilines is 2. The molecule has 4 saturated carbocycles. The van der Waals surface area contributed by atoms with Gasteiger partial charge in [-0.25, -0.2) is 4.79 Å². The quantitative estimate of drug-likeness (QED) is 0.712. The molecule has 0 spiro atoms. The van der Waals surface area contributed by atoms with E-state index in [1.165, 1.54) is 38.5 Å². The van der Waals surface area contributed by atoms with E-state index in [2.05, 4.69) is 17.6 Å². The maximum Gasteiger partial charge on any atom is 0.319 e. The summed E-state index contributed by atoms with van der Waals surface area (Å²) in [4.78, 5) is 12.1. The number of hydrogen-bond acceptors (Lipinski definition) is 3. The average molecular weight is 343 g/mol. The van der Waals surface area contributed by atoms with Crippen LogP contribution >= 0.6 is 0 Å². The standard InChI is InChI=1S/C20H29N3O2/c1-13(12-22-19(24)23-18-4-2-3-17(21)8-18)25-20-9-14-5-15(10-20)7-16(6-14)11-20/h2-4,8,13-16H,5-7,9-12,21H2,1H3,(H2,22,23,24)/t13-,14?,15?,16?,20?/m1/s1. The zero-order valence-corrected chi connectivity index (χ0v) is 15.0. The van der Waals surface area contributed by atoms with Gasteiger partial charge in [0.15, 0.2) is 0 Å². The molecular weight excluding hydrogens is 314 g/mol. The molecule has 0 heterocycles. The number of carbonyl (C=O) groups is 1. The van der Waals surface area contributed by atoms with Crippen molar-refractivity contribution in [3.8, 4) is 0 Å². The third-order valence-electron chi connectivity index (χ3n) is 6.13. The number of hydrogen-bond donors (Lipinski definition) is 3. The first-order valence-electron chi connectivity index (χ1n) is 9.58. The predicted molar refractivity (Wildman–Crippen MR) is 99.3 cm³/mol. The number of nitrogen functional groups attached to an aromatic ring is 1. The molecule has 5 heteroatoms. The van der Waals surface area contributed by atoms with E-state index in [4.69, 9.17) is 10.5 Å². The Morgan fingerprint density at radius 2 is 1.88 bits per heavy atom. The number of urea groups is 1. The summed E-state index contributed by atoms with van der Waals surface area (Å²) in [6.07, 6.45) is 7.94. The van der Waals surface area contributed by atoms with Crippen LogP contribution in [0.3, 0.4) is 0 Å². The highest BCUT2D eigenvalue weighted by Gasteiger charge is 2.52. The summed E-state index contributed by atoms with van der Waals surface area (Å²) >= 11 is 0. The van der Waals surface area contributed by atoms with Crippen molar-refractivity contribution in [2.24, 2.45) is 17.8 Å². The molecule has 2 amide bonds. The molecule has 4 aliphatic carbocycles. The van der Waals surface area contributed by atoms with E-state index in [1.54, 1.807) is 12.1 Å². The number of rotatable bonds is 5. The number of nitrogens with one attached hydrogen (secondary N) is 2. The summed E-state index contributed by atoms with van der Waals surface area (Å²) in [5, 5.41) is 5.73. The molecule has 0 unspecified atom stereocenters. The monoisotopic (exact) mass is 343 g/mol. The Hall–Kier alpha value is -1.75. The molecule has 0 aliphatic heterocycles. The van der Waals surface area contributed by atoms with Crippen LogP contribution in [-0.4, -0.2) is 24.3 Å². The van der Waals surface area contributed by atoms with Crippen LogP contribution in [0, 0.1) is 17.8 Å². The third-order valence-corrected chi connectivity index (χ3v) is 6.13. The van der Waals surface area contributed by atoms with Crippen LogP contribution in [0.1, 0.15) is 45.4 Å². The maximum atomic E-state index is 12.1. The fraction of sp³-hybridized carbons (Fsp3) is 0.650. The summed E-state index contributed by atoms with van der Waals surface area (Å²) in [6, 6.07) is 6.97. The van der Waals surface area contributed by atoms with Gasteiger partial charge >= 0.3 is 6.03 Å². The van der Waals surface area contributed by atoms with Crippen molar-refractivity contribution in [3.63, 3.8) is 0 Å². The third kappa shape index (κ3) is 3.76. The molecule has 0 aromatic heterocycles. The first-order valence-corrected chi connectivity index (χ1v) is 9.58. The smallest absolute Gasteiger partial charge is 0.319 e. The highest BCUT2D eigenvalue weighted by molar-refractivity contribution is 5.89. The molecule has 25 heavy (non-hydrogen) atoms. The molecule has 4 bridgehead atoms. The van der Waals surface area contributed by atoms with Crippen molar-refractivity contribution in [3.05, 3.63) is 24.3 Å². The van der Waals surface area contributed by atoms with E-state index in [0.29, 0.717) is 17.9 Å². The van der Waals surface area contributed by atoms with Gasteiger partial charge in [0.25, 0.3) is 0 Å². The highest BCUT2D eigenvalue weighted by Crippen LogP contribution is 2.57. The van der Waals surface area contributed by atoms with Crippen molar-refractivity contribution in [2.45, 2.75) is 57.2 Å². The molecule has 4 N–H and O–H groups in total. The summed E-state index contributed by atoms with van der Waals surface area (Å²) < 4.78 is 6.51. The van der Waals surface area contributed by atoms with Crippen LogP contribution in [0.4, 0.5) is 16.2 Å². The summed E-state index contributed by atoms with van der Waals surface area (Å²) in [7, 11) is 0. The summed E-state index contributed by atoms with van der Waals surface area (Å²) in [6.45, 7) is 2.59. The molecule has 5 nitrogen and oxygen atoms in total. The maximum absolute atomic E-state index is 12.1. The minimum Gasteiger partial charge on any atom is -0.399 e. The minimum atomic E-state index is -0.216. The van der Waals surface area contributed by atoms with Crippen molar-refractivity contribution in [1.82, 2.24) is 5.32 Å². The van der Waals surface area contributed by atoms with Gasteiger partial charge in [0.2, 0.25) is 0 Å². The van der Waals surface area contributed by atoms with Gasteiger partial charge in [0.1, 0.15) is 0 Å². The lowest BCUT2D eigenvalue weighted by atomic mass is 9.54. The molecule has 136 valence electrons. The van der Waals surface area contributed by atoms with Gasteiger partial charge in [0, 0.05) is 17.9 Å². The van der Waals surface area contributed by atoms with Crippen LogP contribution in [0.15, 0.2) is 24.3 Å². The van der Waals surface area contributed by atoms with E-state index < -0.39 is 0 Å². The van der Waals surface area contributed by atoms with Crippen molar-refractivity contribution < 1.29 is 9.53 Å². The first-order chi connectivity index (χ1) is 12.0. The highest BCUT2D eigenvalue weighted by atomic mass is 16.5. The van der Waals surface area contributed by atoms with Crippen LogP contribution in [0.2, 0.25) is 0 Å². The number of amides is 2. The van der Waals surface area contributed by atoms with E-state index in [0.717, 1.165) is 17.8 Å². The molecule has 5 rings (SSSR count). The Kier molecular flexibility index (Phi) is 4.36. The largest absolute Gasteiger partial charge is 0.399 e. The molecule has 4 aliphatic rings. The van der Waals surface area contributed by atoms with Crippen molar-refractivity contribution >= 4 is 17.4 Å². The number of ether oxygens (including phenoxy) is 1. The minimum absolute atomic E-state index is 0.0304. The molecule has 4 fully saturated rings. The van der Waals surface area contributed by atoms with E-state index in [1.807, 2.05) is 12.1 Å². The predicted octanol–water partition coefficient (Wildman–Crippen LogP) is 3.76. The Balaban J connectivity index is 1.26. The average Bonchev–Trinajstić information content (AvgIpc) is 2.51. The van der Waals surface area contributed by atoms with E-state index in [-0.39, 0.29) is 17.7 Å². The molecule has 0 radical (unpaired) electrons. The second-order valence-corrected chi connectivity index (χ2v) is 8.49. The molecule has 0 saturated heterocycles. The lowest BCUT2D eigenvalue weighted by Gasteiger charge is -2.57. The van der Waals surface area contributed by atoms with Crippen molar-refractivity contribution in [1.29, 1.82) is 0 Å². The Labute approximate surface area is 149 Å². The molecular formula is C20H29N3O2. The second-order valence-electron chi connectivity index (χ2n) is 8.49. The fourth-order valence-electron chi connectivity index (χ4n) is 5.67. The number of carbonyl (C=O) groups excluding carboxylic acids is 1. The van der Waals surface area contributed by atoms with Gasteiger partial charge in [-0.3, -0.25) is 0 Å². The topological polar surface area (TPSA) is 76.4 Å². The van der Waals surface area contributed by atoms with Gasteiger partial charge in [-0.05, 0) is 81.4 Å². The van der Waals surface area contributed by atoms with Crippen molar-refractivity contribution in [2.75, 3.05) is 17.6 Å². The number of benzene rings is 1. The van der Waals surface area contributed by atoms with Gasteiger partial charge in [-0.2, -0.15) is 0 Å². The van der Waals surface area contributed by atoms with Gasteiger partial charge in [0.05, 0.1) is 11.7 Å². The van der Waals surface area contributed by atoms with Gasteiger partial charge in [-0.15, -0.1) is 0 Å². The van der Waals surface area contributed by atoms with E-state index in [9.17, 15) is 4.79 Å². The zero-order chi connectivity index (χ0) is 17.4. The molecule has 1 atom stereocenters. The normalized spacial score (nSPS) is 33.9. The fourth-order valence-corrected chi connectivity index (χ4v) is 5.67. The summed E-state index contributed by atoms with van der Waals surface area (Å²) in [5.74, 6) is 2.62.